The lowest BCUT2D eigenvalue weighted by Crippen LogP contribution is -2.51. The van der Waals surface area contributed by atoms with Crippen LogP contribution in [0, 0.1) is 11.3 Å². The number of ether oxygens (including phenoxy) is 1. The van der Waals surface area contributed by atoms with E-state index in [1.54, 1.807) is 0 Å². The molecule has 2 nitrogen and oxygen atoms in total. The quantitative estimate of drug-likeness (QED) is 0.616. The Morgan fingerprint density at radius 1 is 1.05 bits per heavy atom. The molecule has 0 spiro atoms. The summed E-state index contributed by atoms with van der Waals surface area (Å²) in [6.45, 7) is 2.14. The van der Waals surface area contributed by atoms with Gasteiger partial charge >= 0.3 is 0 Å². The second-order valence-electron chi connectivity index (χ2n) is 6.81. The molecular formula is C17H26O2. The van der Waals surface area contributed by atoms with Gasteiger partial charge < -0.3 is 4.74 Å². The maximum atomic E-state index is 12.9. The largest absolute Gasteiger partial charge is 0.365 e. The van der Waals surface area contributed by atoms with Gasteiger partial charge in [0.1, 0.15) is 5.78 Å². The van der Waals surface area contributed by atoms with Gasteiger partial charge in [-0.3, -0.25) is 4.79 Å². The Bertz CT molecular complexity index is 373. The number of hydrogen-bond acceptors (Lipinski definition) is 2. The lowest BCUT2D eigenvalue weighted by atomic mass is 9.69. The lowest BCUT2D eigenvalue weighted by molar-refractivity contribution is -0.159. The van der Waals surface area contributed by atoms with E-state index in [2.05, 4.69) is 19.1 Å². The molecular weight excluding hydrogens is 236 g/mol. The van der Waals surface area contributed by atoms with Crippen LogP contribution in [-0.2, 0) is 9.53 Å². The monoisotopic (exact) mass is 262 g/mol. The van der Waals surface area contributed by atoms with Gasteiger partial charge in [-0.2, -0.15) is 0 Å². The van der Waals surface area contributed by atoms with Crippen LogP contribution in [-0.4, -0.2) is 18.0 Å². The number of hydrogen-bond donors (Lipinski definition) is 0. The average Bonchev–Trinajstić information content (AvgIpc) is 2.85. The summed E-state index contributed by atoms with van der Waals surface area (Å²) in [6.07, 6.45) is 15.4. The van der Waals surface area contributed by atoms with Gasteiger partial charge in [0.2, 0.25) is 0 Å². The SMILES string of the molecule is C[C@]12CCCCCCCCC[C@H](C1=O)[C@H]1C=C[C@@H]2O1. The number of rotatable bonds is 0. The normalized spacial score (nSPS) is 43.6. The molecule has 0 N–H and O–H groups in total. The molecule has 4 atom stereocenters. The fourth-order valence-electron chi connectivity index (χ4n) is 4.08. The molecule has 1 saturated heterocycles. The smallest absolute Gasteiger partial charge is 0.147 e. The van der Waals surface area contributed by atoms with E-state index in [4.69, 9.17) is 4.74 Å². The molecule has 1 aliphatic carbocycles. The van der Waals surface area contributed by atoms with Crippen LogP contribution in [0.1, 0.15) is 64.7 Å². The van der Waals surface area contributed by atoms with Crippen LogP contribution in [0.2, 0.25) is 0 Å². The summed E-state index contributed by atoms with van der Waals surface area (Å²) in [5.41, 5.74) is -0.257. The van der Waals surface area contributed by atoms with Crippen molar-refractivity contribution in [1.29, 1.82) is 0 Å². The van der Waals surface area contributed by atoms with Crippen LogP contribution in [0.4, 0.5) is 0 Å². The highest BCUT2D eigenvalue weighted by Gasteiger charge is 2.52. The van der Waals surface area contributed by atoms with Crippen LogP contribution < -0.4 is 0 Å². The van der Waals surface area contributed by atoms with Crippen molar-refractivity contribution >= 4 is 5.78 Å². The zero-order valence-electron chi connectivity index (χ0n) is 12.1. The van der Waals surface area contributed by atoms with E-state index in [-0.39, 0.29) is 23.5 Å². The molecule has 0 aromatic carbocycles. The van der Waals surface area contributed by atoms with Gasteiger partial charge in [0.05, 0.1) is 17.6 Å². The Morgan fingerprint density at radius 2 is 1.74 bits per heavy atom. The van der Waals surface area contributed by atoms with Gasteiger partial charge in [-0.05, 0) is 19.8 Å². The number of fused-ring (bicyclic) bond motifs is 6. The first-order valence-electron chi connectivity index (χ1n) is 8.10. The molecule has 0 radical (unpaired) electrons. The molecule has 0 unspecified atom stereocenters. The number of carbonyl (C=O) groups is 1. The van der Waals surface area contributed by atoms with Crippen LogP contribution in [0.3, 0.4) is 0 Å². The van der Waals surface area contributed by atoms with Gasteiger partial charge in [-0.1, -0.05) is 57.1 Å². The topological polar surface area (TPSA) is 26.3 Å². The summed E-state index contributed by atoms with van der Waals surface area (Å²) in [7, 11) is 0. The Labute approximate surface area is 116 Å². The van der Waals surface area contributed by atoms with Crippen molar-refractivity contribution in [2.24, 2.45) is 11.3 Å². The van der Waals surface area contributed by atoms with Crippen molar-refractivity contribution in [1.82, 2.24) is 0 Å². The van der Waals surface area contributed by atoms with Gasteiger partial charge in [-0.15, -0.1) is 0 Å². The van der Waals surface area contributed by atoms with E-state index < -0.39 is 0 Å². The summed E-state index contributed by atoms with van der Waals surface area (Å²) < 4.78 is 6.11. The fourth-order valence-corrected chi connectivity index (χ4v) is 4.08. The average molecular weight is 262 g/mol. The Balaban J connectivity index is 1.81. The predicted octanol–water partition coefficient (Wildman–Crippen LogP) is 4.04. The van der Waals surface area contributed by atoms with E-state index in [1.165, 1.54) is 44.9 Å². The zero-order valence-corrected chi connectivity index (χ0v) is 12.1. The molecule has 19 heavy (non-hydrogen) atoms. The van der Waals surface area contributed by atoms with E-state index in [0.717, 1.165) is 12.8 Å². The van der Waals surface area contributed by atoms with Crippen molar-refractivity contribution in [3.05, 3.63) is 12.2 Å². The molecule has 106 valence electrons. The van der Waals surface area contributed by atoms with Crippen LogP contribution in [0.5, 0.6) is 0 Å². The number of Topliss-reactive ketones (excluding diaryl/α,β-unsaturated/α-hetero) is 1. The highest BCUT2D eigenvalue weighted by atomic mass is 16.5. The Hall–Kier alpha value is -0.630. The van der Waals surface area contributed by atoms with Crippen LogP contribution in [0.25, 0.3) is 0 Å². The fraction of sp³-hybridized carbons (Fsp3) is 0.824. The van der Waals surface area contributed by atoms with Gasteiger partial charge in [-0.25, -0.2) is 0 Å². The Kier molecular flexibility index (Phi) is 3.79. The van der Waals surface area contributed by atoms with Crippen molar-refractivity contribution in [3.8, 4) is 0 Å². The maximum Gasteiger partial charge on any atom is 0.147 e. The van der Waals surface area contributed by atoms with E-state index in [1.807, 2.05) is 0 Å². The third-order valence-electron chi connectivity index (χ3n) is 5.41. The molecule has 0 aromatic rings. The molecule has 2 heterocycles. The molecule has 1 saturated carbocycles. The molecule has 3 aliphatic rings. The summed E-state index contributed by atoms with van der Waals surface area (Å²) in [5, 5.41) is 0. The summed E-state index contributed by atoms with van der Waals surface area (Å²) in [4.78, 5) is 12.9. The molecule has 2 aliphatic heterocycles. The third-order valence-corrected chi connectivity index (χ3v) is 5.41. The van der Waals surface area contributed by atoms with Crippen molar-refractivity contribution in [2.45, 2.75) is 76.9 Å². The summed E-state index contributed by atoms with van der Waals surface area (Å²) in [6, 6.07) is 0. The van der Waals surface area contributed by atoms with Crippen LogP contribution >= 0.6 is 0 Å². The van der Waals surface area contributed by atoms with Gasteiger partial charge in [0, 0.05) is 5.92 Å². The first-order valence-corrected chi connectivity index (χ1v) is 8.10. The second-order valence-corrected chi connectivity index (χ2v) is 6.81. The van der Waals surface area contributed by atoms with Crippen molar-refractivity contribution in [2.75, 3.05) is 0 Å². The predicted molar refractivity (Wildman–Crippen MR) is 76.0 cm³/mol. The molecule has 0 amide bonds. The second kappa shape index (κ2) is 5.40. The van der Waals surface area contributed by atoms with Gasteiger partial charge in [0.25, 0.3) is 0 Å². The summed E-state index contributed by atoms with van der Waals surface area (Å²) >= 11 is 0. The first-order chi connectivity index (χ1) is 9.22. The van der Waals surface area contributed by atoms with Crippen molar-refractivity contribution in [3.63, 3.8) is 0 Å². The zero-order chi connectivity index (χ0) is 13.3. The molecule has 0 aromatic heterocycles. The van der Waals surface area contributed by atoms with E-state index in [0.29, 0.717) is 5.78 Å². The molecule has 2 heteroatoms. The number of carbonyl (C=O) groups excluding carboxylic acids is 1. The molecule has 4 bridgehead atoms. The van der Waals surface area contributed by atoms with E-state index >= 15 is 0 Å². The highest BCUT2D eigenvalue weighted by molar-refractivity contribution is 5.89. The standard InChI is InChI=1S/C17H26O2/c1-17-12-8-6-4-2-3-5-7-9-13(16(17)18)14-10-11-15(17)19-14/h10-11,13-15H,2-9,12H2,1H3/t13-,14+,15-,17+/m0/s1. The molecule has 2 fully saturated rings. The highest BCUT2D eigenvalue weighted by Crippen LogP contribution is 2.46. The lowest BCUT2D eigenvalue weighted by Gasteiger charge is -2.42. The molecule has 3 rings (SSSR count). The van der Waals surface area contributed by atoms with E-state index in [9.17, 15) is 4.79 Å². The minimum absolute atomic E-state index is 0.0455. The maximum absolute atomic E-state index is 12.9. The summed E-state index contributed by atoms with van der Waals surface area (Å²) in [5.74, 6) is 0.610. The third kappa shape index (κ3) is 2.40. The minimum Gasteiger partial charge on any atom is -0.365 e. The van der Waals surface area contributed by atoms with Crippen molar-refractivity contribution < 1.29 is 9.53 Å². The van der Waals surface area contributed by atoms with Gasteiger partial charge in [0.15, 0.2) is 0 Å². The Morgan fingerprint density at radius 3 is 2.53 bits per heavy atom. The van der Waals surface area contributed by atoms with Crippen LogP contribution in [0.15, 0.2) is 12.2 Å². The number of ketones is 1. The minimum atomic E-state index is -0.257. The first kappa shape index (κ1) is 13.4.